The highest BCUT2D eigenvalue weighted by molar-refractivity contribution is 5.69. The van der Waals surface area contributed by atoms with E-state index in [4.69, 9.17) is 28.4 Å². The molecule has 1 aliphatic heterocycles. The minimum absolute atomic E-state index is 0.246. The number of nitrogens with one attached hydrogen (secondary N) is 1. The Balaban J connectivity index is 1.92. The monoisotopic (exact) mass is 434 g/mol. The fourth-order valence-electron chi connectivity index (χ4n) is 2.62. The highest BCUT2D eigenvalue weighted by Gasteiger charge is 2.15. The van der Waals surface area contributed by atoms with Crippen molar-refractivity contribution in [1.82, 2.24) is 10.2 Å². The van der Waals surface area contributed by atoms with E-state index in [1.165, 1.54) is 0 Å². The van der Waals surface area contributed by atoms with Crippen molar-refractivity contribution in [2.45, 2.75) is 32.8 Å². The molecule has 178 valence electrons. The van der Waals surface area contributed by atoms with Gasteiger partial charge in [-0.2, -0.15) is 0 Å². The first kappa shape index (κ1) is 27.2. The predicted molar refractivity (Wildman–Crippen MR) is 114 cm³/mol. The maximum atomic E-state index is 11.5. The Morgan fingerprint density at radius 3 is 1.93 bits per heavy atom. The lowest BCUT2D eigenvalue weighted by atomic mass is 10.2. The number of hydrogen-bond acceptors (Lipinski definition) is 9. The molecule has 0 spiro atoms. The van der Waals surface area contributed by atoms with Crippen molar-refractivity contribution in [3.8, 4) is 0 Å². The zero-order valence-corrected chi connectivity index (χ0v) is 19.1. The van der Waals surface area contributed by atoms with Crippen molar-refractivity contribution in [3.63, 3.8) is 0 Å². The van der Waals surface area contributed by atoms with E-state index in [0.29, 0.717) is 39.6 Å². The van der Waals surface area contributed by atoms with Crippen molar-refractivity contribution in [1.29, 1.82) is 0 Å². The van der Waals surface area contributed by atoms with Crippen LogP contribution in [-0.4, -0.2) is 115 Å². The summed E-state index contributed by atoms with van der Waals surface area (Å²) in [5.74, 6) is -0.246. The molecule has 0 atom stereocenters. The van der Waals surface area contributed by atoms with Gasteiger partial charge in [-0.1, -0.05) is 0 Å². The lowest BCUT2D eigenvalue weighted by molar-refractivity contribution is -0.156. The van der Waals surface area contributed by atoms with Gasteiger partial charge in [0, 0.05) is 32.7 Å². The summed E-state index contributed by atoms with van der Waals surface area (Å²) in [5, 5.41) is 3.28. The van der Waals surface area contributed by atoms with E-state index >= 15 is 0 Å². The van der Waals surface area contributed by atoms with Crippen LogP contribution in [0.2, 0.25) is 0 Å². The van der Waals surface area contributed by atoms with E-state index in [-0.39, 0.29) is 12.4 Å². The van der Waals surface area contributed by atoms with Crippen LogP contribution in [-0.2, 0) is 33.2 Å². The van der Waals surface area contributed by atoms with Crippen molar-refractivity contribution in [2.24, 2.45) is 0 Å². The second-order valence-corrected chi connectivity index (χ2v) is 7.99. The van der Waals surface area contributed by atoms with Gasteiger partial charge in [0.1, 0.15) is 5.60 Å². The molecule has 0 aromatic carbocycles. The molecule has 30 heavy (non-hydrogen) atoms. The molecule has 0 radical (unpaired) electrons. The molecular weight excluding hydrogens is 392 g/mol. The Bertz CT molecular complexity index is 407. The number of nitrogens with zero attached hydrogens (tertiary/aromatic N) is 1. The second-order valence-electron chi connectivity index (χ2n) is 7.99. The molecule has 9 nitrogen and oxygen atoms in total. The third-order valence-electron chi connectivity index (χ3n) is 4.12. The molecule has 0 bridgehead atoms. The highest BCUT2D eigenvalue weighted by atomic mass is 16.6. The molecule has 0 aliphatic carbocycles. The van der Waals surface area contributed by atoms with Gasteiger partial charge in [0.25, 0.3) is 0 Å². The lowest BCUT2D eigenvalue weighted by Gasteiger charge is -2.23. The van der Waals surface area contributed by atoms with Gasteiger partial charge in [-0.25, -0.2) is 0 Å². The third kappa shape index (κ3) is 18.0. The number of carbonyl (C=O) groups excluding carboxylic acids is 1. The van der Waals surface area contributed by atoms with Crippen LogP contribution in [0.1, 0.15) is 27.2 Å². The summed E-state index contributed by atoms with van der Waals surface area (Å²) < 4.78 is 33.0. The minimum Gasteiger partial charge on any atom is -0.460 e. The van der Waals surface area contributed by atoms with Gasteiger partial charge in [0.15, 0.2) is 0 Å². The number of esters is 1. The van der Waals surface area contributed by atoms with Crippen LogP contribution in [0.25, 0.3) is 0 Å². The molecule has 1 fully saturated rings. The maximum absolute atomic E-state index is 11.5. The van der Waals surface area contributed by atoms with Crippen molar-refractivity contribution in [2.75, 3.05) is 98.8 Å². The predicted octanol–water partition coefficient (Wildman–Crippen LogP) is 0.706. The number of rotatable bonds is 12. The van der Waals surface area contributed by atoms with Crippen LogP contribution >= 0.6 is 0 Å². The molecule has 1 N–H and O–H groups in total. The largest absolute Gasteiger partial charge is 0.460 e. The normalized spacial score (nSPS) is 17.8. The number of hydrogen-bond donors (Lipinski definition) is 1. The molecule has 0 aromatic rings. The molecule has 1 aliphatic rings. The number of ether oxygens (including phenoxy) is 6. The summed E-state index contributed by atoms with van der Waals surface area (Å²) in [6.07, 6.45) is 0.254. The Morgan fingerprint density at radius 1 is 0.833 bits per heavy atom. The quantitative estimate of drug-likeness (QED) is 0.352. The van der Waals surface area contributed by atoms with Gasteiger partial charge in [-0.05, 0) is 20.8 Å². The molecule has 1 rings (SSSR count). The summed E-state index contributed by atoms with van der Waals surface area (Å²) in [4.78, 5) is 13.8. The molecule has 0 aromatic heterocycles. The van der Waals surface area contributed by atoms with E-state index < -0.39 is 5.60 Å². The van der Waals surface area contributed by atoms with Gasteiger partial charge < -0.3 is 33.7 Å². The molecule has 0 saturated carbocycles. The van der Waals surface area contributed by atoms with E-state index in [1.54, 1.807) is 0 Å². The zero-order valence-electron chi connectivity index (χ0n) is 19.1. The third-order valence-corrected chi connectivity index (χ3v) is 4.12. The van der Waals surface area contributed by atoms with Crippen LogP contribution in [0, 0.1) is 0 Å². The Kier molecular flexibility index (Phi) is 16.2. The standard InChI is InChI=1S/C21H42N2O7/c1-21(2,3)30-20(24)4-10-25-16-18-29-19-17-28-15-9-23-7-13-26-11-5-22-6-12-27-14-8-23/h22H,4-19H2,1-3H3. The molecular formula is C21H42N2O7. The summed E-state index contributed by atoms with van der Waals surface area (Å²) in [6.45, 7) is 15.8. The summed E-state index contributed by atoms with van der Waals surface area (Å²) in [7, 11) is 0. The van der Waals surface area contributed by atoms with Crippen molar-refractivity contribution >= 4 is 5.97 Å². The fraction of sp³-hybridized carbons (Fsp3) is 0.952. The van der Waals surface area contributed by atoms with Crippen LogP contribution in [0.5, 0.6) is 0 Å². The fourth-order valence-corrected chi connectivity index (χ4v) is 2.62. The Labute approximate surface area is 181 Å². The lowest BCUT2D eigenvalue weighted by Crippen LogP contribution is -2.36. The summed E-state index contributed by atoms with van der Waals surface area (Å²) in [6, 6.07) is 0. The van der Waals surface area contributed by atoms with Crippen molar-refractivity contribution in [3.05, 3.63) is 0 Å². The summed E-state index contributed by atoms with van der Waals surface area (Å²) >= 11 is 0. The van der Waals surface area contributed by atoms with Crippen LogP contribution in [0.3, 0.4) is 0 Å². The zero-order chi connectivity index (χ0) is 21.9. The first-order valence-electron chi connectivity index (χ1n) is 11.0. The Morgan fingerprint density at radius 2 is 1.37 bits per heavy atom. The van der Waals surface area contributed by atoms with E-state index in [0.717, 1.165) is 59.2 Å². The number of carbonyl (C=O) groups is 1. The molecule has 0 amide bonds. The highest BCUT2D eigenvalue weighted by Crippen LogP contribution is 2.08. The minimum atomic E-state index is -0.455. The second kappa shape index (κ2) is 17.8. The average Bonchev–Trinajstić information content (AvgIpc) is 2.66. The van der Waals surface area contributed by atoms with Gasteiger partial charge in [0.2, 0.25) is 0 Å². The van der Waals surface area contributed by atoms with Gasteiger partial charge in [0.05, 0.1) is 72.5 Å². The van der Waals surface area contributed by atoms with Gasteiger partial charge in [-0.15, -0.1) is 0 Å². The van der Waals surface area contributed by atoms with Gasteiger partial charge >= 0.3 is 5.97 Å². The Hall–Kier alpha value is -0.810. The first-order chi connectivity index (χ1) is 14.5. The van der Waals surface area contributed by atoms with E-state index in [9.17, 15) is 4.79 Å². The van der Waals surface area contributed by atoms with E-state index in [1.807, 2.05) is 20.8 Å². The average molecular weight is 435 g/mol. The SMILES string of the molecule is CC(C)(C)OC(=O)CCOCCOCCOCCN1CCOCCNCCOCC1. The molecule has 9 heteroatoms. The maximum Gasteiger partial charge on any atom is 0.308 e. The van der Waals surface area contributed by atoms with Crippen LogP contribution in [0.4, 0.5) is 0 Å². The van der Waals surface area contributed by atoms with Crippen LogP contribution < -0.4 is 5.32 Å². The summed E-state index contributed by atoms with van der Waals surface area (Å²) in [5.41, 5.74) is -0.455. The smallest absolute Gasteiger partial charge is 0.308 e. The topological polar surface area (TPSA) is 87.7 Å². The van der Waals surface area contributed by atoms with E-state index in [2.05, 4.69) is 10.2 Å². The van der Waals surface area contributed by atoms with Crippen LogP contribution in [0.15, 0.2) is 0 Å². The molecule has 0 unspecified atom stereocenters. The molecule has 1 saturated heterocycles. The van der Waals surface area contributed by atoms with Gasteiger partial charge in [-0.3, -0.25) is 9.69 Å². The first-order valence-corrected chi connectivity index (χ1v) is 11.0. The molecule has 1 heterocycles. The van der Waals surface area contributed by atoms with Crippen molar-refractivity contribution < 1.29 is 33.2 Å².